The molecule has 6 nitrogen and oxygen atoms in total. The summed E-state index contributed by atoms with van der Waals surface area (Å²) in [6.07, 6.45) is 1.04. The van der Waals surface area contributed by atoms with Crippen molar-refractivity contribution in [3.05, 3.63) is 35.4 Å². The van der Waals surface area contributed by atoms with Gasteiger partial charge in [-0.3, -0.25) is 9.59 Å². The second-order valence-electron chi connectivity index (χ2n) is 5.87. The average Bonchev–Trinajstić information content (AvgIpc) is 2.87. The molecular weight excluding hydrogens is 296 g/mol. The van der Waals surface area contributed by atoms with Crippen molar-refractivity contribution in [3.63, 3.8) is 0 Å². The molecule has 2 N–H and O–H groups in total. The van der Waals surface area contributed by atoms with E-state index >= 15 is 0 Å². The van der Waals surface area contributed by atoms with E-state index in [1.165, 1.54) is 4.90 Å². The van der Waals surface area contributed by atoms with Crippen LogP contribution in [0.4, 0.5) is 0 Å². The number of amides is 2. The second kappa shape index (κ2) is 7.26. The molecule has 1 aromatic carbocycles. The molecule has 2 rings (SSSR count). The normalized spacial score (nSPS) is 18.8. The van der Waals surface area contributed by atoms with Gasteiger partial charge >= 0.3 is 5.97 Å². The highest BCUT2D eigenvalue weighted by molar-refractivity contribution is 5.92. The first-order valence-electron chi connectivity index (χ1n) is 7.80. The fourth-order valence-electron chi connectivity index (χ4n) is 2.70. The smallest absolute Gasteiger partial charge is 0.326 e. The van der Waals surface area contributed by atoms with Gasteiger partial charge in [-0.25, -0.2) is 4.79 Å². The van der Waals surface area contributed by atoms with E-state index in [0.717, 1.165) is 11.1 Å². The van der Waals surface area contributed by atoms with E-state index in [4.69, 9.17) is 5.11 Å². The third-order valence-corrected chi connectivity index (χ3v) is 4.13. The van der Waals surface area contributed by atoms with Gasteiger partial charge in [0.1, 0.15) is 12.1 Å². The fraction of sp³-hybridized carbons (Fsp3) is 0.471. The summed E-state index contributed by atoms with van der Waals surface area (Å²) < 4.78 is 0. The van der Waals surface area contributed by atoms with E-state index in [-0.39, 0.29) is 5.91 Å². The van der Waals surface area contributed by atoms with Gasteiger partial charge in [-0.05, 0) is 25.3 Å². The lowest BCUT2D eigenvalue weighted by molar-refractivity contribution is -0.143. The van der Waals surface area contributed by atoms with E-state index in [1.54, 1.807) is 6.92 Å². The van der Waals surface area contributed by atoms with Gasteiger partial charge < -0.3 is 15.3 Å². The van der Waals surface area contributed by atoms with Gasteiger partial charge in [0, 0.05) is 13.0 Å². The summed E-state index contributed by atoms with van der Waals surface area (Å²) in [5.41, 5.74) is 2.08. The Morgan fingerprint density at radius 2 is 2.00 bits per heavy atom. The summed E-state index contributed by atoms with van der Waals surface area (Å²) in [6.45, 7) is 4.04. The molecule has 0 aliphatic carbocycles. The molecule has 0 spiro atoms. The molecule has 2 atom stereocenters. The molecule has 2 unspecified atom stereocenters. The quantitative estimate of drug-likeness (QED) is 0.831. The molecular formula is C17H22N2O4. The molecule has 1 aromatic rings. The minimum atomic E-state index is -1.06. The molecule has 1 aliphatic rings. The summed E-state index contributed by atoms with van der Waals surface area (Å²) >= 11 is 0. The van der Waals surface area contributed by atoms with Crippen molar-refractivity contribution in [2.24, 2.45) is 0 Å². The predicted molar refractivity (Wildman–Crippen MR) is 84.6 cm³/mol. The van der Waals surface area contributed by atoms with E-state index in [9.17, 15) is 14.4 Å². The van der Waals surface area contributed by atoms with Gasteiger partial charge in [-0.15, -0.1) is 0 Å². The van der Waals surface area contributed by atoms with Crippen molar-refractivity contribution in [1.29, 1.82) is 0 Å². The van der Waals surface area contributed by atoms with Crippen LogP contribution in [0.3, 0.4) is 0 Å². The number of nitrogens with zero attached hydrogens (tertiary/aromatic N) is 1. The number of rotatable bonds is 6. The highest BCUT2D eigenvalue weighted by atomic mass is 16.4. The number of carbonyl (C=O) groups is 3. The Bertz CT molecular complexity index is 597. The first-order valence-corrected chi connectivity index (χ1v) is 7.80. The Balaban J connectivity index is 2.08. The van der Waals surface area contributed by atoms with E-state index < -0.39 is 24.0 Å². The third kappa shape index (κ3) is 4.09. The monoisotopic (exact) mass is 318 g/mol. The Morgan fingerprint density at radius 1 is 1.35 bits per heavy atom. The van der Waals surface area contributed by atoms with Crippen LogP contribution in [-0.2, 0) is 20.9 Å². The average molecular weight is 318 g/mol. The van der Waals surface area contributed by atoms with Crippen LogP contribution in [0.15, 0.2) is 24.3 Å². The topological polar surface area (TPSA) is 86.7 Å². The van der Waals surface area contributed by atoms with Gasteiger partial charge in [-0.1, -0.05) is 36.8 Å². The number of hydrogen-bond acceptors (Lipinski definition) is 3. The largest absolute Gasteiger partial charge is 0.480 e. The van der Waals surface area contributed by atoms with Gasteiger partial charge in [0.15, 0.2) is 0 Å². The Morgan fingerprint density at radius 3 is 2.57 bits per heavy atom. The highest BCUT2D eigenvalue weighted by Gasteiger charge is 2.37. The van der Waals surface area contributed by atoms with Crippen molar-refractivity contribution >= 4 is 17.8 Å². The number of carbonyl (C=O) groups excluding carboxylic acids is 2. The zero-order valence-electron chi connectivity index (χ0n) is 13.4. The van der Waals surface area contributed by atoms with Gasteiger partial charge in [-0.2, -0.15) is 0 Å². The molecule has 1 aliphatic heterocycles. The van der Waals surface area contributed by atoms with E-state index in [0.29, 0.717) is 25.8 Å². The zero-order chi connectivity index (χ0) is 17.0. The molecule has 1 fully saturated rings. The van der Waals surface area contributed by atoms with Crippen LogP contribution >= 0.6 is 0 Å². The van der Waals surface area contributed by atoms with Crippen LogP contribution in [0.1, 0.15) is 37.3 Å². The molecule has 0 radical (unpaired) electrons. The van der Waals surface area contributed by atoms with Gasteiger partial charge in [0.25, 0.3) is 0 Å². The summed E-state index contributed by atoms with van der Waals surface area (Å²) in [6, 6.07) is 6.27. The highest BCUT2D eigenvalue weighted by Crippen LogP contribution is 2.22. The number of hydrogen-bond donors (Lipinski definition) is 2. The van der Waals surface area contributed by atoms with Crippen LogP contribution in [0, 0.1) is 6.92 Å². The van der Waals surface area contributed by atoms with Crippen molar-refractivity contribution in [3.8, 4) is 0 Å². The number of benzene rings is 1. The zero-order valence-corrected chi connectivity index (χ0v) is 13.4. The maximum Gasteiger partial charge on any atom is 0.326 e. The number of aryl methyl sites for hydroxylation is 1. The van der Waals surface area contributed by atoms with Crippen LogP contribution in [0.25, 0.3) is 0 Å². The fourth-order valence-corrected chi connectivity index (χ4v) is 2.70. The van der Waals surface area contributed by atoms with E-state index in [2.05, 4.69) is 5.32 Å². The number of aliphatic carboxylic acids is 1. The second-order valence-corrected chi connectivity index (χ2v) is 5.87. The first-order chi connectivity index (χ1) is 10.9. The predicted octanol–water partition coefficient (Wildman–Crippen LogP) is 1.47. The number of carboxylic acid groups (broad SMARTS) is 1. The van der Waals surface area contributed by atoms with Crippen LogP contribution in [0.2, 0.25) is 0 Å². The molecule has 124 valence electrons. The van der Waals surface area contributed by atoms with Crippen molar-refractivity contribution in [2.45, 2.75) is 51.7 Å². The maximum absolute atomic E-state index is 12.4. The number of nitrogens with one attached hydrogen (secondary N) is 1. The Labute approximate surface area is 135 Å². The molecule has 1 heterocycles. The van der Waals surface area contributed by atoms with Crippen LogP contribution in [-0.4, -0.2) is 39.9 Å². The van der Waals surface area contributed by atoms with Crippen LogP contribution in [0.5, 0.6) is 0 Å². The molecule has 0 bridgehead atoms. The first kappa shape index (κ1) is 17.0. The number of likely N-dealkylation sites (tertiary alicyclic amines) is 1. The minimum absolute atomic E-state index is 0.0749. The summed E-state index contributed by atoms with van der Waals surface area (Å²) in [5.74, 6) is -1.53. The minimum Gasteiger partial charge on any atom is -0.480 e. The standard InChI is InChI=1S/C17H22N2O4/c1-3-13(17(22)23)18-16(21)14-8-9-15(20)19(14)10-12-6-4-11(2)5-7-12/h4-7,13-14H,3,8-10H2,1-2H3,(H,18,21)(H,22,23). The Hall–Kier alpha value is -2.37. The molecule has 0 aromatic heterocycles. The molecule has 6 heteroatoms. The molecule has 1 saturated heterocycles. The van der Waals surface area contributed by atoms with Crippen molar-refractivity contribution < 1.29 is 19.5 Å². The molecule has 0 saturated carbocycles. The maximum atomic E-state index is 12.4. The lowest BCUT2D eigenvalue weighted by Gasteiger charge is -2.25. The number of carboxylic acids is 1. The Kier molecular flexibility index (Phi) is 5.36. The summed E-state index contributed by atoms with van der Waals surface area (Å²) in [5, 5.41) is 11.6. The van der Waals surface area contributed by atoms with Gasteiger partial charge in [0.05, 0.1) is 0 Å². The van der Waals surface area contributed by atoms with Crippen LogP contribution < -0.4 is 5.32 Å². The lowest BCUT2D eigenvalue weighted by atomic mass is 10.1. The molecule has 23 heavy (non-hydrogen) atoms. The van der Waals surface area contributed by atoms with E-state index in [1.807, 2.05) is 31.2 Å². The van der Waals surface area contributed by atoms with Crippen molar-refractivity contribution in [1.82, 2.24) is 10.2 Å². The SMILES string of the molecule is CCC(NC(=O)C1CCC(=O)N1Cc1ccc(C)cc1)C(=O)O. The molecule has 2 amide bonds. The summed E-state index contributed by atoms with van der Waals surface area (Å²) in [7, 11) is 0. The lowest BCUT2D eigenvalue weighted by Crippen LogP contribution is -2.49. The van der Waals surface area contributed by atoms with Gasteiger partial charge in [0.2, 0.25) is 11.8 Å². The summed E-state index contributed by atoms with van der Waals surface area (Å²) in [4.78, 5) is 37.0. The van der Waals surface area contributed by atoms with Crippen molar-refractivity contribution in [2.75, 3.05) is 0 Å². The third-order valence-electron chi connectivity index (χ3n) is 4.13.